The standard InChI is InChI=1S/C24H25NO4/c1-25(16-19-8-10-21(27-2)11-9-19)24(26)18-29-23-14-12-22(13-15-23)28-17-20-6-4-3-5-7-20/h3-15H,16-18H2,1-2H3. The predicted octanol–water partition coefficient (Wildman–Crippen LogP) is 4.31. The number of rotatable bonds is 9. The summed E-state index contributed by atoms with van der Waals surface area (Å²) in [7, 11) is 3.39. The zero-order valence-electron chi connectivity index (χ0n) is 16.7. The molecule has 29 heavy (non-hydrogen) atoms. The zero-order valence-corrected chi connectivity index (χ0v) is 16.7. The molecule has 0 heterocycles. The number of nitrogens with zero attached hydrogens (tertiary/aromatic N) is 1. The van der Waals surface area contributed by atoms with E-state index in [1.165, 1.54) is 0 Å². The average molecular weight is 391 g/mol. The largest absolute Gasteiger partial charge is 0.497 e. The Morgan fingerprint density at radius 2 is 1.34 bits per heavy atom. The lowest BCUT2D eigenvalue weighted by atomic mass is 10.2. The van der Waals surface area contributed by atoms with Gasteiger partial charge in [-0.1, -0.05) is 42.5 Å². The third-order valence-electron chi connectivity index (χ3n) is 4.44. The second kappa shape index (κ2) is 10.2. The van der Waals surface area contributed by atoms with E-state index in [2.05, 4.69) is 0 Å². The van der Waals surface area contributed by atoms with Gasteiger partial charge in [-0.05, 0) is 47.5 Å². The van der Waals surface area contributed by atoms with Crippen LogP contribution in [-0.2, 0) is 17.9 Å². The topological polar surface area (TPSA) is 48.0 Å². The van der Waals surface area contributed by atoms with Gasteiger partial charge < -0.3 is 19.1 Å². The first-order chi connectivity index (χ1) is 14.1. The highest BCUT2D eigenvalue weighted by Crippen LogP contribution is 2.19. The molecule has 3 aromatic rings. The highest BCUT2D eigenvalue weighted by molar-refractivity contribution is 5.77. The number of benzene rings is 3. The molecule has 0 radical (unpaired) electrons. The third kappa shape index (κ3) is 6.28. The molecule has 1 amide bonds. The van der Waals surface area contributed by atoms with Crippen LogP contribution < -0.4 is 14.2 Å². The molecule has 3 aromatic carbocycles. The molecule has 3 rings (SSSR count). The summed E-state index contributed by atoms with van der Waals surface area (Å²) in [5.41, 5.74) is 2.14. The Bertz CT molecular complexity index is 892. The zero-order chi connectivity index (χ0) is 20.5. The molecule has 0 aromatic heterocycles. The van der Waals surface area contributed by atoms with E-state index in [4.69, 9.17) is 14.2 Å². The van der Waals surface area contributed by atoms with Gasteiger partial charge in [0, 0.05) is 13.6 Å². The fraction of sp³-hybridized carbons (Fsp3) is 0.208. The first-order valence-corrected chi connectivity index (χ1v) is 9.40. The summed E-state index contributed by atoms with van der Waals surface area (Å²) in [6, 6.07) is 24.9. The van der Waals surface area contributed by atoms with Gasteiger partial charge in [0.2, 0.25) is 0 Å². The molecule has 0 bridgehead atoms. The van der Waals surface area contributed by atoms with Crippen molar-refractivity contribution in [1.29, 1.82) is 0 Å². The average Bonchev–Trinajstić information content (AvgIpc) is 2.78. The summed E-state index contributed by atoms with van der Waals surface area (Å²) >= 11 is 0. The number of hydrogen-bond acceptors (Lipinski definition) is 4. The summed E-state index contributed by atoms with van der Waals surface area (Å²) < 4.78 is 16.5. The van der Waals surface area contributed by atoms with Crippen LogP contribution in [-0.4, -0.2) is 31.6 Å². The molecule has 0 aliphatic rings. The SMILES string of the molecule is COc1ccc(CN(C)C(=O)COc2ccc(OCc3ccccc3)cc2)cc1. The van der Waals surface area contributed by atoms with E-state index in [9.17, 15) is 4.79 Å². The van der Waals surface area contributed by atoms with Crippen molar-refractivity contribution < 1.29 is 19.0 Å². The molecule has 0 saturated carbocycles. The summed E-state index contributed by atoms with van der Waals surface area (Å²) in [5, 5.41) is 0. The van der Waals surface area contributed by atoms with Crippen LogP contribution in [0, 0.1) is 0 Å². The summed E-state index contributed by atoms with van der Waals surface area (Å²) in [6.45, 7) is 1.00. The lowest BCUT2D eigenvalue weighted by Gasteiger charge is -2.18. The van der Waals surface area contributed by atoms with Crippen LogP contribution in [0.5, 0.6) is 17.2 Å². The van der Waals surface area contributed by atoms with Crippen LogP contribution in [0.25, 0.3) is 0 Å². The Kier molecular flexibility index (Phi) is 7.11. The van der Waals surface area contributed by atoms with Gasteiger partial charge in [0.05, 0.1) is 7.11 Å². The van der Waals surface area contributed by atoms with Gasteiger partial charge >= 0.3 is 0 Å². The molecule has 0 spiro atoms. The molecule has 0 fully saturated rings. The maximum Gasteiger partial charge on any atom is 0.260 e. The number of hydrogen-bond donors (Lipinski definition) is 0. The molecular formula is C24H25NO4. The smallest absolute Gasteiger partial charge is 0.260 e. The fourth-order valence-electron chi connectivity index (χ4n) is 2.72. The quantitative estimate of drug-likeness (QED) is 0.545. The van der Waals surface area contributed by atoms with Crippen molar-refractivity contribution in [2.75, 3.05) is 20.8 Å². The van der Waals surface area contributed by atoms with Crippen molar-refractivity contribution in [3.8, 4) is 17.2 Å². The molecule has 5 heteroatoms. The Hall–Kier alpha value is -3.47. The normalized spacial score (nSPS) is 10.3. The highest BCUT2D eigenvalue weighted by atomic mass is 16.5. The molecular weight excluding hydrogens is 366 g/mol. The predicted molar refractivity (Wildman–Crippen MR) is 112 cm³/mol. The molecule has 5 nitrogen and oxygen atoms in total. The highest BCUT2D eigenvalue weighted by Gasteiger charge is 2.10. The maximum atomic E-state index is 12.3. The summed E-state index contributed by atoms with van der Waals surface area (Å²) in [6.07, 6.45) is 0. The van der Waals surface area contributed by atoms with Crippen molar-refractivity contribution in [2.24, 2.45) is 0 Å². The molecule has 0 unspecified atom stereocenters. The van der Waals surface area contributed by atoms with Crippen molar-refractivity contribution in [1.82, 2.24) is 4.90 Å². The van der Waals surface area contributed by atoms with Crippen LogP contribution >= 0.6 is 0 Å². The van der Waals surface area contributed by atoms with Crippen LogP contribution in [0.4, 0.5) is 0 Å². The fourth-order valence-corrected chi connectivity index (χ4v) is 2.72. The minimum Gasteiger partial charge on any atom is -0.497 e. The van der Waals surface area contributed by atoms with Crippen molar-refractivity contribution in [3.05, 3.63) is 90.0 Å². The van der Waals surface area contributed by atoms with Crippen molar-refractivity contribution in [2.45, 2.75) is 13.2 Å². The maximum absolute atomic E-state index is 12.3. The number of amides is 1. The van der Waals surface area contributed by atoms with E-state index < -0.39 is 0 Å². The van der Waals surface area contributed by atoms with Crippen LogP contribution in [0.1, 0.15) is 11.1 Å². The Morgan fingerprint density at radius 3 is 1.97 bits per heavy atom. The summed E-state index contributed by atoms with van der Waals surface area (Å²) in [4.78, 5) is 14.0. The van der Waals surface area contributed by atoms with E-state index in [-0.39, 0.29) is 12.5 Å². The minimum absolute atomic E-state index is 0.0170. The van der Waals surface area contributed by atoms with Gasteiger partial charge in [0.15, 0.2) is 6.61 Å². The lowest BCUT2D eigenvalue weighted by molar-refractivity contribution is -0.132. The molecule has 150 valence electrons. The van der Waals surface area contributed by atoms with E-state index in [1.807, 2.05) is 66.7 Å². The monoisotopic (exact) mass is 391 g/mol. The van der Waals surface area contributed by atoms with Gasteiger partial charge in [-0.15, -0.1) is 0 Å². The molecule has 0 N–H and O–H groups in total. The van der Waals surface area contributed by atoms with Crippen LogP contribution in [0.3, 0.4) is 0 Å². The van der Waals surface area contributed by atoms with Gasteiger partial charge in [-0.2, -0.15) is 0 Å². The van der Waals surface area contributed by atoms with Crippen molar-refractivity contribution >= 4 is 5.91 Å². The van der Waals surface area contributed by atoms with E-state index >= 15 is 0 Å². The van der Waals surface area contributed by atoms with E-state index in [1.54, 1.807) is 31.2 Å². The Morgan fingerprint density at radius 1 is 0.759 bits per heavy atom. The number of methoxy groups -OCH3 is 1. The molecule has 0 aliphatic heterocycles. The van der Waals surface area contributed by atoms with Gasteiger partial charge in [-0.25, -0.2) is 0 Å². The Labute approximate surface area is 171 Å². The second-order valence-corrected chi connectivity index (χ2v) is 6.63. The minimum atomic E-state index is -0.0924. The summed E-state index contributed by atoms with van der Waals surface area (Å²) in [5.74, 6) is 2.08. The van der Waals surface area contributed by atoms with Crippen molar-refractivity contribution in [3.63, 3.8) is 0 Å². The number of likely N-dealkylation sites (N-methyl/N-ethyl adjacent to an activating group) is 1. The number of ether oxygens (including phenoxy) is 3. The van der Waals surface area contributed by atoms with Gasteiger partial charge in [0.25, 0.3) is 5.91 Å². The molecule has 0 atom stereocenters. The van der Waals surface area contributed by atoms with E-state index in [0.717, 1.165) is 22.6 Å². The van der Waals surface area contributed by atoms with Gasteiger partial charge in [0.1, 0.15) is 23.9 Å². The second-order valence-electron chi connectivity index (χ2n) is 6.63. The van der Waals surface area contributed by atoms with Crippen LogP contribution in [0.2, 0.25) is 0 Å². The first kappa shape index (κ1) is 20.3. The lowest BCUT2D eigenvalue weighted by Crippen LogP contribution is -2.30. The number of carbonyl (C=O) groups excluding carboxylic acids is 1. The molecule has 0 saturated heterocycles. The van der Waals surface area contributed by atoms with Gasteiger partial charge in [-0.3, -0.25) is 4.79 Å². The first-order valence-electron chi connectivity index (χ1n) is 9.40. The van der Waals surface area contributed by atoms with E-state index in [0.29, 0.717) is 18.9 Å². The number of carbonyl (C=O) groups is 1. The Balaban J connectivity index is 1.44. The van der Waals surface area contributed by atoms with Crippen LogP contribution in [0.15, 0.2) is 78.9 Å². The third-order valence-corrected chi connectivity index (χ3v) is 4.44. The molecule has 0 aliphatic carbocycles.